The molecule has 30 heavy (non-hydrogen) atoms. The highest BCUT2D eigenvalue weighted by molar-refractivity contribution is 6.00. The van der Waals surface area contributed by atoms with Crippen LogP contribution in [-0.4, -0.2) is 41.4 Å². The molecule has 11 heteroatoms. The van der Waals surface area contributed by atoms with Crippen LogP contribution in [0.2, 0.25) is 0 Å². The quantitative estimate of drug-likeness (QED) is 0.418. The number of aryl methyl sites for hydroxylation is 2. The lowest BCUT2D eigenvalue weighted by atomic mass is 10.00. The van der Waals surface area contributed by atoms with E-state index in [4.69, 9.17) is 9.26 Å². The molecule has 0 unspecified atom stereocenters. The summed E-state index contributed by atoms with van der Waals surface area (Å²) in [5.74, 6) is 1.02. The van der Waals surface area contributed by atoms with E-state index < -0.39 is 17.6 Å². The van der Waals surface area contributed by atoms with Crippen LogP contribution in [0.4, 0.5) is 20.2 Å². The van der Waals surface area contributed by atoms with Crippen molar-refractivity contribution >= 4 is 22.3 Å². The van der Waals surface area contributed by atoms with Gasteiger partial charge in [0.05, 0.1) is 35.4 Å². The van der Waals surface area contributed by atoms with Crippen molar-refractivity contribution in [2.24, 2.45) is 0 Å². The zero-order valence-corrected chi connectivity index (χ0v) is 16.7. The number of benzene rings is 1. The van der Waals surface area contributed by atoms with Crippen LogP contribution in [0.15, 0.2) is 22.9 Å². The van der Waals surface area contributed by atoms with Gasteiger partial charge in [0, 0.05) is 17.0 Å². The van der Waals surface area contributed by atoms with Crippen molar-refractivity contribution in [2.45, 2.75) is 33.4 Å². The number of nitrogens with zero attached hydrogens (tertiary/aromatic N) is 3. The maximum atomic E-state index is 12.3. The average molecular weight is 422 g/mol. The van der Waals surface area contributed by atoms with Crippen molar-refractivity contribution in [1.82, 2.24) is 10.1 Å². The molecule has 0 saturated carbocycles. The SMILES string of the molecule is COc1cc2c(N[C@@H](C)COC(F)F)c([N+](=O)[O-])cnc2cc1-c1c(C)noc1C. The molecule has 2 aromatic heterocycles. The fourth-order valence-corrected chi connectivity index (χ4v) is 3.24. The number of nitrogens with one attached hydrogen (secondary N) is 1. The van der Waals surface area contributed by atoms with Gasteiger partial charge in [0.25, 0.3) is 0 Å². The summed E-state index contributed by atoms with van der Waals surface area (Å²) in [6.45, 7) is 1.85. The number of anilines is 1. The number of methoxy groups -OCH3 is 1. The highest BCUT2D eigenvalue weighted by Gasteiger charge is 2.24. The maximum absolute atomic E-state index is 12.3. The van der Waals surface area contributed by atoms with Gasteiger partial charge in [-0.15, -0.1) is 0 Å². The molecule has 0 fully saturated rings. The number of hydrogen-bond donors (Lipinski definition) is 1. The highest BCUT2D eigenvalue weighted by atomic mass is 19.3. The van der Waals surface area contributed by atoms with Gasteiger partial charge in [0.1, 0.15) is 23.4 Å². The number of pyridine rings is 1. The van der Waals surface area contributed by atoms with Crippen LogP contribution in [0.1, 0.15) is 18.4 Å². The molecule has 160 valence electrons. The fourth-order valence-electron chi connectivity index (χ4n) is 3.24. The minimum absolute atomic E-state index is 0.138. The number of aromatic nitrogens is 2. The Balaban J connectivity index is 2.16. The summed E-state index contributed by atoms with van der Waals surface area (Å²) < 4.78 is 39.7. The number of halogens is 2. The second kappa shape index (κ2) is 8.57. The van der Waals surface area contributed by atoms with Gasteiger partial charge in [-0.1, -0.05) is 5.16 Å². The molecule has 0 bridgehead atoms. The van der Waals surface area contributed by atoms with E-state index in [0.29, 0.717) is 33.7 Å². The molecule has 0 aliphatic carbocycles. The Bertz CT molecular complexity index is 1070. The summed E-state index contributed by atoms with van der Waals surface area (Å²) in [5.41, 5.74) is 2.35. The van der Waals surface area contributed by atoms with E-state index in [1.165, 1.54) is 7.11 Å². The third-order valence-electron chi connectivity index (χ3n) is 4.53. The third-order valence-corrected chi connectivity index (χ3v) is 4.53. The summed E-state index contributed by atoms with van der Waals surface area (Å²) in [4.78, 5) is 15.2. The van der Waals surface area contributed by atoms with E-state index in [1.54, 1.807) is 32.9 Å². The second-order valence-electron chi connectivity index (χ2n) is 6.68. The van der Waals surface area contributed by atoms with E-state index >= 15 is 0 Å². The van der Waals surface area contributed by atoms with Gasteiger partial charge in [-0.3, -0.25) is 10.1 Å². The molecular weight excluding hydrogens is 402 g/mol. The summed E-state index contributed by atoms with van der Waals surface area (Å²) in [5, 5.41) is 18.8. The minimum Gasteiger partial charge on any atom is -0.496 e. The predicted octanol–water partition coefficient (Wildman–Crippen LogP) is 4.46. The topological polar surface area (TPSA) is 113 Å². The van der Waals surface area contributed by atoms with Crippen LogP contribution >= 0.6 is 0 Å². The van der Waals surface area contributed by atoms with Crippen LogP contribution in [0.5, 0.6) is 5.75 Å². The Morgan fingerprint density at radius 1 is 1.33 bits per heavy atom. The van der Waals surface area contributed by atoms with Gasteiger partial charge in [-0.25, -0.2) is 4.98 Å². The maximum Gasteiger partial charge on any atom is 0.345 e. The smallest absolute Gasteiger partial charge is 0.345 e. The number of hydrogen-bond acceptors (Lipinski definition) is 8. The first-order valence-corrected chi connectivity index (χ1v) is 8.97. The van der Waals surface area contributed by atoms with E-state index in [-0.39, 0.29) is 18.0 Å². The van der Waals surface area contributed by atoms with Gasteiger partial charge in [0.15, 0.2) is 0 Å². The molecule has 3 aromatic rings. The summed E-state index contributed by atoms with van der Waals surface area (Å²) >= 11 is 0. The van der Waals surface area contributed by atoms with Crippen LogP contribution < -0.4 is 10.1 Å². The van der Waals surface area contributed by atoms with Gasteiger partial charge in [-0.2, -0.15) is 8.78 Å². The number of nitro groups is 1. The molecule has 2 heterocycles. The lowest BCUT2D eigenvalue weighted by Crippen LogP contribution is -2.23. The average Bonchev–Trinajstić information content (AvgIpc) is 3.03. The van der Waals surface area contributed by atoms with Crippen molar-refractivity contribution in [3.8, 4) is 16.9 Å². The molecule has 0 saturated heterocycles. The predicted molar refractivity (Wildman–Crippen MR) is 105 cm³/mol. The van der Waals surface area contributed by atoms with Crippen LogP contribution in [0.25, 0.3) is 22.0 Å². The van der Waals surface area contributed by atoms with E-state index in [9.17, 15) is 18.9 Å². The fraction of sp³-hybridized carbons (Fsp3) is 0.368. The molecule has 0 aliphatic heterocycles. The Morgan fingerprint density at radius 2 is 2.07 bits per heavy atom. The molecule has 0 spiro atoms. The number of fused-ring (bicyclic) bond motifs is 1. The molecule has 0 radical (unpaired) electrons. The van der Waals surface area contributed by atoms with Crippen LogP contribution in [-0.2, 0) is 4.74 Å². The summed E-state index contributed by atoms with van der Waals surface area (Å²) in [6, 6.07) is 2.70. The first kappa shape index (κ1) is 21.4. The van der Waals surface area contributed by atoms with Crippen LogP contribution in [0, 0.1) is 24.0 Å². The standard InChI is InChI=1S/C19H20F2N4O5/c1-9(8-29-19(20)21)23-18-12-6-16(28-4)13(17-10(2)24-30-11(17)3)5-14(12)22-7-15(18)25(26)27/h5-7,9,19H,8H2,1-4H3,(H,22,23)/t9-/m0/s1. The van der Waals surface area contributed by atoms with Crippen LogP contribution in [0.3, 0.4) is 0 Å². The monoisotopic (exact) mass is 422 g/mol. The lowest BCUT2D eigenvalue weighted by molar-refractivity contribution is -0.384. The zero-order chi connectivity index (χ0) is 22.0. The Morgan fingerprint density at radius 3 is 2.63 bits per heavy atom. The summed E-state index contributed by atoms with van der Waals surface area (Å²) in [7, 11) is 1.47. The second-order valence-corrected chi connectivity index (χ2v) is 6.68. The van der Waals surface area contributed by atoms with Crippen molar-refractivity contribution in [3.63, 3.8) is 0 Å². The van der Waals surface area contributed by atoms with Gasteiger partial charge >= 0.3 is 12.3 Å². The molecule has 1 atom stereocenters. The molecule has 1 N–H and O–H groups in total. The Hall–Kier alpha value is -3.34. The molecule has 3 rings (SSSR count). The van der Waals surface area contributed by atoms with Crippen molar-refractivity contribution in [1.29, 1.82) is 0 Å². The normalized spacial score (nSPS) is 12.4. The first-order chi connectivity index (χ1) is 14.2. The number of alkyl halides is 2. The third kappa shape index (κ3) is 4.15. The minimum atomic E-state index is -2.93. The zero-order valence-electron chi connectivity index (χ0n) is 16.7. The molecule has 0 aliphatic rings. The van der Waals surface area contributed by atoms with Crippen molar-refractivity contribution in [3.05, 3.63) is 39.9 Å². The largest absolute Gasteiger partial charge is 0.496 e. The molecule has 0 amide bonds. The number of rotatable bonds is 8. The van der Waals surface area contributed by atoms with Gasteiger partial charge in [0.2, 0.25) is 0 Å². The molecule has 9 nitrogen and oxygen atoms in total. The Kier molecular flexibility index (Phi) is 6.11. The van der Waals surface area contributed by atoms with E-state index in [0.717, 1.165) is 11.8 Å². The lowest BCUT2D eigenvalue weighted by Gasteiger charge is -2.18. The van der Waals surface area contributed by atoms with Crippen molar-refractivity contribution < 1.29 is 27.7 Å². The molecule has 1 aromatic carbocycles. The summed E-state index contributed by atoms with van der Waals surface area (Å²) in [6.07, 6.45) is 1.12. The van der Waals surface area contributed by atoms with Gasteiger partial charge in [-0.05, 0) is 32.9 Å². The van der Waals surface area contributed by atoms with E-state index in [2.05, 4.69) is 20.2 Å². The van der Waals surface area contributed by atoms with Crippen molar-refractivity contribution in [2.75, 3.05) is 19.0 Å². The highest BCUT2D eigenvalue weighted by Crippen LogP contribution is 2.41. The Labute approximate surface area is 170 Å². The molecular formula is C19H20F2N4O5. The van der Waals surface area contributed by atoms with Gasteiger partial charge < -0.3 is 19.3 Å². The van der Waals surface area contributed by atoms with E-state index in [1.807, 2.05) is 0 Å². The first-order valence-electron chi connectivity index (χ1n) is 8.97. The number of ether oxygens (including phenoxy) is 2.